The molecule has 0 aromatic heterocycles. The summed E-state index contributed by atoms with van der Waals surface area (Å²) >= 11 is 0.721. The maximum absolute atomic E-state index is 12.9. The first-order chi connectivity index (χ1) is 9.33. The van der Waals surface area contributed by atoms with E-state index in [9.17, 15) is 18.0 Å². The van der Waals surface area contributed by atoms with E-state index >= 15 is 0 Å². The second-order valence-electron chi connectivity index (χ2n) is 4.63. The van der Waals surface area contributed by atoms with Gasteiger partial charge in [-0.15, -0.1) is 0 Å². The molecule has 1 aliphatic rings. The Hall–Kier alpha value is -1.50. The van der Waals surface area contributed by atoms with Gasteiger partial charge in [0.2, 0.25) is 5.91 Å². The molecule has 2 rings (SSSR count). The van der Waals surface area contributed by atoms with Crippen molar-refractivity contribution in [2.75, 3.05) is 0 Å². The Morgan fingerprint density at radius 2 is 1.90 bits per heavy atom. The van der Waals surface area contributed by atoms with Crippen LogP contribution < -0.4 is 5.32 Å². The van der Waals surface area contributed by atoms with Gasteiger partial charge >= 0.3 is 0 Å². The molecule has 1 aliphatic heterocycles. The fraction of sp³-hybridized carbons (Fsp3) is 0.385. The number of aliphatic imine (C=N–C) groups is 1. The molecule has 1 N–H and O–H groups in total. The van der Waals surface area contributed by atoms with E-state index in [4.69, 9.17) is 0 Å². The zero-order chi connectivity index (χ0) is 14.9. The lowest BCUT2D eigenvalue weighted by Gasteiger charge is -2.16. The quantitative estimate of drug-likeness (QED) is 0.932. The lowest BCUT2D eigenvalue weighted by Crippen LogP contribution is -2.39. The van der Waals surface area contributed by atoms with Gasteiger partial charge in [0.05, 0.1) is 6.04 Å². The molecule has 2 atom stereocenters. The average molecular weight is 302 g/mol. The van der Waals surface area contributed by atoms with Crippen molar-refractivity contribution < 1.29 is 18.0 Å². The molecular weight excluding hydrogens is 289 g/mol. The van der Waals surface area contributed by atoms with Crippen LogP contribution in [0, 0.1) is 5.82 Å². The number of amidine groups is 1. The first-order valence-electron chi connectivity index (χ1n) is 5.95. The van der Waals surface area contributed by atoms with Gasteiger partial charge < -0.3 is 5.32 Å². The summed E-state index contributed by atoms with van der Waals surface area (Å²) in [5.41, 5.74) is 0.736. The van der Waals surface area contributed by atoms with Crippen molar-refractivity contribution in [3.8, 4) is 0 Å². The van der Waals surface area contributed by atoms with E-state index < -0.39 is 17.1 Å². The summed E-state index contributed by atoms with van der Waals surface area (Å²) in [4.78, 5) is 15.8. The van der Waals surface area contributed by atoms with Crippen molar-refractivity contribution in [2.24, 2.45) is 4.99 Å². The third kappa shape index (κ3) is 2.82. The molecule has 0 unspecified atom stereocenters. The van der Waals surface area contributed by atoms with Crippen molar-refractivity contribution >= 4 is 22.8 Å². The predicted octanol–water partition coefficient (Wildman–Crippen LogP) is 3.13. The zero-order valence-electron chi connectivity index (χ0n) is 10.9. The van der Waals surface area contributed by atoms with Crippen LogP contribution in [0.2, 0.25) is 0 Å². The summed E-state index contributed by atoms with van der Waals surface area (Å²) in [6, 6.07) is 5.37. The summed E-state index contributed by atoms with van der Waals surface area (Å²) in [6.07, 6.45) is -2.78. The Morgan fingerprint density at radius 1 is 1.30 bits per heavy atom. The fourth-order valence-electron chi connectivity index (χ4n) is 1.69. The molecule has 1 amide bonds. The van der Waals surface area contributed by atoms with Gasteiger partial charge in [-0.25, -0.2) is 13.2 Å². The fourth-order valence-corrected chi connectivity index (χ4v) is 2.68. The monoisotopic (exact) mass is 302 g/mol. The van der Waals surface area contributed by atoms with Gasteiger partial charge in [0.1, 0.15) is 5.82 Å². The molecule has 0 radical (unpaired) electrons. The van der Waals surface area contributed by atoms with Crippen molar-refractivity contribution in [1.29, 1.82) is 0 Å². The molecule has 0 spiro atoms. The standard InChI is InChI=1S/C13H13F3N2OS/c1-7(8-3-5-9(14)6-4-8)17-12-18-11(19)13(2,20-12)10(15)16/h3-7,10H,1-2H3,(H,17,18,19)/t7-,13+/m0/s1. The summed E-state index contributed by atoms with van der Waals surface area (Å²) < 4.78 is 36.8. The van der Waals surface area contributed by atoms with Crippen molar-refractivity contribution in [1.82, 2.24) is 5.32 Å². The number of hydrogen-bond acceptors (Lipinski definition) is 3. The van der Waals surface area contributed by atoms with Crippen LogP contribution in [0.3, 0.4) is 0 Å². The lowest BCUT2D eigenvalue weighted by molar-refractivity contribution is -0.124. The van der Waals surface area contributed by atoms with Gasteiger partial charge in [0.15, 0.2) is 9.91 Å². The number of carbonyl (C=O) groups is 1. The number of rotatable bonds is 3. The third-order valence-corrected chi connectivity index (χ3v) is 4.25. The van der Waals surface area contributed by atoms with Crippen molar-refractivity contribution in [3.63, 3.8) is 0 Å². The molecule has 1 fully saturated rings. The van der Waals surface area contributed by atoms with Crippen LogP contribution in [0.25, 0.3) is 0 Å². The van der Waals surface area contributed by atoms with Crippen LogP contribution in [0.5, 0.6) is 0 Å². The summed E-state index contributed by atoms with van der Waals surface area (Å²) in [5.74, 6) is -1.11. The van der Waals surface area contributed by atoms with E-state index in [1.807, 2.05) is 0 Å². The largest absolute Gasteiger partial charge is 0.304 e. The Morgan fingerprint density at radius 3 is 2.40 bits per heavy atom. The number of carbonyl (C=O) groups excluding carboxylic acids is 1. The number of thioether (sulfide) groups is 1. The summed E-state index contributed by atoms with van der Waals surface area (Å²) in [7, 11) is 0. The Labute approximate surface area is 118 Å². The van der Waals surface area contributed by atoms with E-state index in [0.717, 1.165) is 17.3 Å². The highest BCUT2D eigenvalue weighted by Gasteiger charge is 2.50. The molecule has 0 bridgehead atoms. The van der Waals surface area contributed by atoms with Gasteiger partial charge in [0.25, 0.3) is 6.43 Å². The van der Waals surface area contributed by atoms with E-state index in [1.54, 1.807) is 19.1 Å². The maximum Gasteiger partial charge on any atom is 0.262 e. The molecule has 7 heteroatoms. The third-order valence-electron chi connectivity index (χ3n) is 3.06. The SMILES string of the molecule is C[C@H](N=C1NC(=O)[C@@](C)(C(F)F)S1)c1ccc(F)cc1. The molecular formula is C13H13F3N2OS. The number of nitrogens with zero attached hydrogens (tertiary/aromatic N) is 1. The second kappa shape index (κ2) is 5.47. The average Bonchev–Trinajstić information content (AvgIpc) is 2.66. The van der Waals surface area contributed by atoms with E-state index in [2.05, 4.69) is 10.3 Å². The first-order valence-corrected chi connectivity index (χ1v) is 6.76. The minimum Gasteiger partial charge on any atom is -0.304 e. The Bertz CT molecular complexity index is 547. The van der Waals surface area contributed by atoms with Crippen molar-refractivity contribution in [2.45, 2.75) is 31.1 Å². The van der Waals surface area contributed by atoms with Crippen LogP contribution in [0.1, 0.15) is 25.5 Å². The number of hydrogen-bond donors (Lipinski definition) is 1. The Balaban J connectivity index is 2.16. The molecule has 0 aliphatic carbocycles. The molecule has 3 nitrogen and oxygen atoms in total. The Kier molecular flexibility index (Phi) is 4.08. The highest BCUT2D eigenvalue weighted by molar-refractivity contribution is 8.16. The van der Waals surface area contributed by atoms with Gasteiger partial charge in [-0.05, 0) is 31.5 Å². The van der Waals surface area contributed by atoms with Gasteiger partial charge in [0, 0.05) is 0 Å². The summed E-state index contributed by atoms with van der Waals surface area (Å²) in [5, 5.41) is 2.52. The van der Waals surface area contributed by atoms with Crippen molar-refractivity contribution in [3.05, 3.63) is 35.6 Å². The zero-order valence-corrected chi connectivity index (χ0v) is 11.7. The van der Waals surface area contributed by atoms with Crippen LogP contribution in [0.4, 0.5) is 13.2 Å². The molecule has 1 aromatic carbocycles. The highest BCUT2D eigenvalue weighted by Crippen LogP contribution is 2.37. The van der Waals surface area contributed by atoms with Gasteiger partial charge in [-0.1, -0.05) is 23.9 Å². The van der Waals surface area contributed by atoms with Crippen LogP contribution in [-0.2, 0) is 4.79 Å². The molecule has 1 saturated heterocycles. The van der Waals surface area contributed by atoms with Gasteiger partial charge in [-0.2, -0.15) is 0 Å². The normalized spacial score (nSPS) is 26.1. The van der Waals surface area contributed by atoms with Gasteiger partial charge in [-0.3, -0.25) is 9.79 Å². The molecule has 0 saturated carbocycles. The number of benzene rings is 1. The number of alkyl halides is 2. The smallest absolute Gasteiger partial charge is 0.262 e. The summed E-state index contributed by atoms with van der Waals surface area (Å²) in [6.45, 7) is 2.92. The lowest BCUT2D eigenvalue weighted by atomic mass is 10.1. The molecule has 1 heterocycles. The topological polar surface area (TPSA) is 41.5 Å². The first kappa shape index (κ1) is 14.9. The minimum absolute atomic E-state index is 0.162. The predicted molar refractivity (Wildman–Crippen MR) is 72.4 cm³/mol. The molecule has 20 heavy (non-hydrogen) atoms. The highest BCUT2D eigenvalue weighted by atomic mass is 32.2. The minimum atomic E-state index is -2.78. The molecule has 1 aromatic rings. The number of halogens is 3. The second-order valence-corrected chi connectivity index (χ2v) is 6.06. The maximum atomic E-state index is 12.9. The number of nitrogens with one attached hydrogen (secondary N) is 1. The van der Waals surface area contributed by atoms with E-state index in [-0.39, 0.29) is 17.0 Å². The van der Waals surface area contributed by atoms with Crippen LogP contribution in [0.15, 0.2) is 29.3 Å². The van der Waals surface area contributed by atoms with Crippen LogP contribution >= 0.6 is 11.8 Å². The van der Waals surface area contributed by atoms with E-state index in [1.165, 1.54) is 19.1 Å². The van der Waals surface area contributed by atoms with E-state index in [0.29, 0.717) is 0 Å². The molecule has 108 valence electrons. The number of amides is 1. The van der Waals surface area contributed by atoms with Crippen LogP contribution in [-0.4, -0.2) is 22.2 Å².